The van der Waals surface area contributed by atoms with E-state index in [4.69, 9.17) is 9.15 Å². The van der Waals surface area contributed by atoms with Gasteiger partial charge in [-0.05, 0) is 32.3 Å². The number of likely N-dealkylation sites (N-methyl/N-ethyl adjacent to an activating group) is 1. The summed E-state index contributed by atoms with van der Waals surface area (Å²) in [6.45, 7) is 0.863. The lowest BCUT2D eigenvalue weighted by Gasteiger charge is -2.22. The fourth-order valence-corrected chi connectivity index (χ4v) is 2.29. The number of amides is 2. The number of carbonyl (C=O) groups is 1. The number of nitrogens with one attached hydrogen (secondary N) is 2. The number of nitrogens with zero attached hydrogens (tertiary/aromatic N) is 1. The Labute approximate surface area is 136 Å². The van der Waals surface area contributed by atoms with Crippen molar-refractivity contribution in [3.05, 3.63) is 54.0 Å². The van der Waals surface area contributed by atoms with E-state index in [2.05, 4.69) is 10.6 Å². The summed E-state index contributed by atoms with van der Waals surface area (Å²) in [7, 11) is 5.51. The highest BCUT2D eigenvalue weighted by Gasteiger charge is 2.17. The molecule has 2 N–H and O–H groups in total. The third-order valence-electron chi connectivity index (χ3n) is 3.58. The summed E-state index contributed by atoms with van der Waals surface area (Å²) in [5.74, 6) is 1.58. The molecular weight excluding hydrogens is 294 g/mol. The maximum Gasteiger partial charge on any atom is 0.315 e. The van der Waals surface area contributed by atoms with Crippen molar-refractivity contribution in [2.75, 3.05) is 27.7 Å². The van der Waals surface area contributed by atoms with Crippen molar-refractivity contribution in [3.8, 4) is 5.75 Å². The number of hydrogen-bond acceptors (Lipinski definition) is 4. The molecule has 2 aromatic rings. The number of hydrogen-bond donors (Lipinski definition) is 2. The first kappa shape index (κ1) is 16.9. The van der Waals surface area contributed by atoms with Crippen LogP contribution in [0.4, 0.5) is 4.79 Å². The first-order chi connectivity index (χ1) is 11.1. The summed E-state index contributed by atoms with van der Waals surface area (Å²) in [6.07, 6.45) is 1.63. The number of ether oxygens (including phenoxy) is 1. The van der Waals surface area contributed by atoms with Crippen molar-refractivity contribution >= 4 is 6.03 Å². The number of urea groups is 1. The Morgan fingerprint density at radius 1 is 1.22 bits per heavy atom. The Morgan fingerprint density at radius 2 is 2.00 bits per heavy atom. The van der Waals surface area contributed by atoms with Gasteiger partial charge in [0.2, 0.25) is 0 Å². The van der Waals surface area contributed by atoms with Gasteiger partial charge in [-0.2, -0.15) is 0 Å². The molecule has 1 heterocycles. The Bertz CT molecular complexity index is 611. The van der Waals surface area contributed by atoms with E-state index in [0.29, 0.717) is 13.1 Å². The topological polar surface area (TPSA) is 66.7 Å². The average Bonchev–Trinajstić information content (AvgIpc) is 3.07. The molecule has 1 aromatic carbocycles. The first-order valence-corrected chi connectivity index (χ1v) is 7.45. The van der Waals surface area contributed by atoms with Gasteiger partial charge in [0.15, 0.2) is 0 Å². The van der Waals surface area contributed by atoms with Crippen LogP contribution in [0.25, 0.3) is 0 Å². The highest BCUT2D eigenvalue weighted by atomic mass is 16.5. The normalized spacial score (nSPS) is 12.0. The van der Waals surface area contributed by atoms with Crippen molar-refractivity contribution in [2.45, 2.75) is 12.6 Å². The molecule has 1 atom stereocenters. The summed E-state index contributed by atoms with van der Waals surface area (Å²) in [4.78, 5) is 14.0. The lowest BCUT2D eigenvalue weighted by molar-refractivity contribution is 0.225. The van der Waals surface area contributed by atoms with Gasteiger partial charge in [0.25, 0.3) is 0 Å². The van der Waals surface area contributed by atoms with Crippen LogP contribution in [0, 0.1) is 0 Å². The minimum absolute atomic E-state index is 0.0120. The maximum atomic E-state index is 12.0. The molecule has 0 bridgehead atoms. The van der Waals surface area contributed by atoms with Crippen molar-refractivity contribution in [3.63, 3.8) is 0 Å². The molecule has 0 fully saturated rings. The molecule has 0 radical (unpaired) electrons. The van der Waals surface area contributed by atoms with Gasteiger partial charge < -0.3 is 19.8 Å². The van der Waals surface area contributed by atoms with Crippen molar-refractivity contribution < 1.29 is 13.9 Å². The van der Waals surface area contributed by atoms with E-state index in [9.17, 15) is 4.79 Å². The fraction of sp³-hybridized carbons (Fsp3) is 0.353. The predicted octanol–water partition coefficient (Wildman–Crippen LogP) is 2.39. The highest BCUT2D eigenvalue weighted by molar-refractivity contribution is 5.74. The standard InChI is InChI=1S/C17H23N3O3/c1-20(2)14(16-9-6-10-23-16)12-19-17(21)18-11-13-7-4-5-8-15(13)22-3/h4-10,14H,11-12H2,1-3H3,(H2,18,19,21). The zero-order chi connectivity index (χ0) is 16.7. The van der Waals surface area contributed by atoms with E-state index in [1.807, 2.05) is 55.4 Å². The number of benzene rings is 1. The maximum absolute atomic E-state index is 12.0. The second-order valence-corrected chi connectivity index (χ2v) is 5.37. The lowest BCUT2D eigenvalue weighted by Crippen LogP contribution is -2.40. The van der Waals surface area contributed by atoms with Crippen LogP contribution in [-0.2, 0) is 6.54 Å². The van der Waals surface area contributed by atoms with Crippen LogP contribution < -0.4 is 15.4 Å². The molecule has 0 spiro atoms. The molecule has 1 unspecified atom stereocenters. The molecule has 0 aliphatic rings. The number of carbonyl (C=O) groups excluding carboxylic acids is 1. The van der Waals surface area contributed by atoms with E-state index >= 15 is 0 Å². The van der Waals surface area contributed by atoms with Crippen LogP contribution in [0.2, 0.25) is 0 Å². The van der Waals surface area contributed by atoms with Gasteiger partial charge >= 0.3 is 6.03 Å². The van der Waals surface area contributed by atoms with Crippen molar-refractivity contribution in [1.82, 2.24) is 15.5 Å². The Hall–Kier alpha value is -2.47. The van der Waals surface area contributed by atoms with Crippen LogP contribution in [0.1, 0.15) is 17.4 Å². The molecule has 6 heteroatoms. The molecule has 124 valence electrons. The van der Waals surface area contributed by atoms with Crippen LogP contribution in [0.3, 0.4) is 0 Å². The largest absolute Gasteiger partial charge is 0.496 e. The molecule has 1 aromatic heterocycles. The molecule has 2 amide bonds. The number of furan rings is 1. The second-order valence-electron chi connectivity index (χ2n) is 5.37. The zero-order valence-electron chi connectivity index (χ0n) is 13.7. The summed E-state index contributed by atoms with van der Waals surface area (Å²) in [5, 5.41) is 5.70. The van der Waals surface area contributed by atoms with E-state index in [1.165, 1.54) is 0 Å². The molecule has 0 saturated carbocycles. The van der Waals surface area contributed by atoms with E-state index < -0.39 is 0 Å². The number of rotatable bonds is 7. The number of methoxy groups -OCH3 is 1. The first-order valence-electron chi connectivity index (χ1n) is 7.45. The molecular formula is C17H23N3O3. The third kappa shape index (κ3) is 4.75. The van der Waals surface area contributed by atoms with Gasteiger partial charge in [-0.25, -0.2) is 4.79 Å². The van der Waals surface area contributed by atoms with Gasteiger partial charge in [0.1, 0.15) is 11.5 Å². The van der Waals surface area contributed by atoms with Crippen molar-refractivity contribution in [2.24, 2.45) is 0 Å². The minimum Gasteiger partial charge on any atom is -0.496 e. The summed E-state index contributed by atoms with van der Waals surface area (Å²) in [6, 6.07) is 11.1. The molecule has 2 rings (SSSR count). The van der Waals surface area contributed by atoms with Crippen LogP contribution in [-0.4, -0.2) is 38.7 Å². The van der Waals surface area contributed by atoms with Crippen LogP contribution >= 0.6 is 0 Å². The molecule has 6 nitrogen and oxygen atoms in total. The van der Waals surface area contributed by atoms with Gasteiger partial charge in [-0.15, -0.1) is 0 Å². The van der Waals surface area contributed by atoms with Crippen molar-refractivity contribution in [1.29, 1.82) is 0 Å². The number of para-hydroxylation sites is 1. The molecule has 0 aliphatic heterocycles. The fourth-order valence-electron chi connectivity index (χ4n) is 2.29. The van der Waals surface area contributed by atoms with Gasteiger partial charge in [-0.3, -0.25) is 4.90 Å². The SMILES string of the molecule is COc1ccccc1CNC(=O)NCC(c1ccco1)N(C)C. The second kappa shape index (κ2) is 8.24. The summed E-state index contributed by atoms with van der Waals surface area (Å²) in [5.41, 5.74) is 0.931. The highest BCUT2D eigenvalue weighted by Crippen LogP contribution is 2.18. The minimum atomic E-state index is -0.227. The van der Waals surface area contributed by atoms with E-state index in [0.717, 1.165) is 17.1 Å². The predicted molar refractivity (Wildman–Crippen MR) is 88.4 cm³/mol. The average molecular weight is 317 g/mol. The molecule has 0 saturated heterocycles. The van der Waals surface area contributed by atoms with Crippen LogP contribution in [0.15, 0.2) is 47.1 Å². The summed E-state index contributed by atoms with van der Waals surface area (Å²) < 4.78 is 10.7. The third-order valence-corrected chi connectivity index (χ3v) is 3.58. The Kier molecular flexibility index (Phi) is 6.05. The van der Waals surface area contributed by atoms with Gasteiger partial charge in [0.05, 0.1) is 19.4 Å². The smallest absolute Gasteiger partial charge is 0.315 e. The Balaban J connectivity index is 1.85. The van der Waals surface area contributed by atoms with E-state index in [-0.39, 0.29) is 12.1 Å². The molecule has 23 heavy (non-hydrogen) atoms. The zero-order valence-corrected chi connectivity index (χ0v) is 13.7. The van der Waals surface area contributed by atoms with Crippen LogP contribution in [0.5, 0.6) is 5.75 Å². The Morgan fingerprint density at radius 3 is 2.65 bits per heavy atom. The molecule has 0 aliphatic carbocycles. The lowest BCUT2D eigenvalue weighted by atomic mass is 10.2. The van der Waals surface area contributed by atoms with E-state index in [1.54, 1.807) is 13.4 Å². The van der Waals surface area contributed by atoms with Gasteiger partial charge in [-0.1, -0.05) is 18.2 Å². The quantitative estimate of drug-likeness (QED) is 0.823. The monoisotopic (exact) mass is 317 g/mol. The summed E-state index contributed by atoms with van der Waals surface area (Å²) >= 11 is 0. The van der Waals surface area contributed by atoms with Gasteiger partial charge in [0, 0.05) is 18.7 Å².